The molecule has 0 radical (unpaired) electrons. The van der Waals surface area contributed by atoms with E-state index >= 15 is 0 Å². The maximum atomic E-state index is 12.0. The van der Waals surface area contributed by atoms with Crippen LogP contribution in [0.2, 0.25) is 0 Å². The van der Waals surface area contributed by atoms with Gasteiger partial charge in [-0.1, -0.05) is 6.42 Å². The summed E-state index contributed by atoms with van der Waals surface area (Å²) in [6.45, 7) is 7.34. The summed E-state index contributed by atoms with van der Waals surface area (Å²) >= 11 is 0. The van der Waals surface area contributed by atoms with Crippen molar-refractivity contribution in [2.24, 2.45) is 5.92 Å². The molecule has 4 nitrogen and oxygen atoms in total. The molecule has 1 unspecified atom stereocenters. The number of hydrogen-bond donors (Lipinski definition) is 2. The van der Waals surface area contributed by atoms with E-state index in [2.05, 4.69) is 22.5 Å². The molecule has 2 fully saturated rings. The van der Waals surface area contributed by atoms with E-state index in [9.17, 15) is 4.79 Å². The van der Waals surface area contributed by atoms with E-state index in [4.69, 9.17) is 0 Å². The summed E-state index contributed by atoms with van der Waals surface area (Å²) in [7, 11) is 0. The van der Waals surface area contributed by atoms with Crippen molar-refractivity contribution >= 4 is 5.91 Å². The number of nitrogens with zero attached hydrogens (tertiary/aromatic N) is 1. The number of rotatable bonds is 4. The Bertz CT molecular complexity index is 258. The predicted molar refractivity (Wildman–Crippen MR) is 73.5 cm³/mol. The van der Waals surface area contributed by atoms with E-state index in [1.54, 1.807) is 0 Å². The Hall–Kier alpha value is -0.610. The molecule has 18 heavy (non-hydrogen) atoms. The summed E-state index contributed by atoms with van der Waals surface area (Å²) in [4.78, 5) is 14.5. The smallest absolute Gasteiger partial charge is 0.224 e. The Labute approximate surface area is 110 Å². The molecule has 0 aromatic heterocycles. The normalized spacial score (nSPS) is 27.7. The first-order valence-corrected chi connectivity index (χ1v) is 7.50. The highest BCUT2D eigenvalue weighted by Crippen LogP contribution is 2.12. The van der Waals surface area contributed by atoms with Crippen LogP contribution in [0.4, 0.5) is 0 Å². The third-order valence-electron chi connectivity index (χ3n) is 4.25. The Morgan fingerprint density at radius 3 is 2.78 bits per heavy atom. The van der Waals surface area contributed by atoms with Crippen LogP contribution in [-0.4, -0.2) is 49.6 Å². The van der Waals surface area contributed by atoms with Crippen LogP contribution in [0.15, 0.2) is 0 Å². The molecule has 0 saturated carbocycles. The van der Waals surface area contributed by atoms with Gasteiger partial charge in [0, 0.05) is 19.1 Å². The SMILES string of the molecule is CC(CNC(=O)[C@H]1CCCNC1)N1CCCCC1. The van der Waals surface area contributed by atoms with Crippen LogP contribution in [0.1, 0.15) is 39.0 Å². The summed E-state index contributed by atoms with van der Waals surface area (Å²) in [5.41, 5.74) is 0. The highest BCUT2D eigenvalue weighted by molar-refractivity contribution is 5.79. The van der Waals surface area contributed by atoms with Crippen molar-refractivity contribution in [2.45, 2.75) is 45.1 Å². The predicted octanol–water partition coefficient (Wildman–Crippen LogP) is 0.977. The quantitative estimate of drug-likeness (QED) is 0.785. The lowest BCUT2D eigenvalue weighted by molar-refractivity contribution is -0.125. The molecular weight excluding hydrogens is 226 g/mol. The van der Waals surface area contributed by atoms with E-state index in [0.29, 0.717) is 6.04 Å². The van der Waals surface area contributed by atoms with E-state index in [1.165, 1.54) is 32.4 Å². The Kier molecular flexibility index (Phi) is 5.45. The highest BCUT2D eigenvalue weighted by atomic mass is 16.1. The molecule has 0 aromatic rings. The van der Waals surface area contributed by atoms with Crippen LogP contribution < -0.4 is 10.6 Å². The Morgan fingerprint density at radius 2 is 2.11 bits per heavy atom. The zero-order valence-electron chi connectivity index (χ0n) is 11.6. The first-order chi connectivity index (χ1) is 8.77. The molecule has 0 bridgehead atoms. The maximum absolute atomic E-state index is 12.0. The summed E-state index contributed by atoms with van der Waals surface area (Å²) < 4.78 is 0. The van der Waals surface area contributed by atoms with Crippen molar-refractivity contribution < 1.29 is 4.79 Å². The zero-order chi connectivity index (χ0) is 12.8. The van der Waals surface area contributed by atoms with Crippen LogP contribution in [0.5, 0.6) is 0 Å². The number of carbonyl (C=O) groups excluding carboxylic acids is 1. The Morgan fingerprint density at radius 1 is 1.33 bits per heavy atom. The number of carbonyl (C=O) groups is 1. The summed E-state index contributed by atoms with van der Waals surface area (Å²) in [6.07, 6.45) is 6.15. The number of piperidine rings is 2. The summed E-state index contributed by atoms with van der Waals surface area (Å²) in [5, 5.41) is 6.42. The fourth-order valence-corrected chi connectivity index (χ4v) is 2.96. The lowest BCUT2D eigenvalue weighted by Gasteiger charge is -2.33. The van der Waals surface area contributed by atoms with E-state index in [-0.39, 0.29) is 11.8 Å². The van der Waals surface area contributed by atoms with Gasteiger partial charge in [0.1, 0.15) is 0 Å². The lowest BCUT2D eigenvalue weighted by atomic mass is 9.99. The molecule has 4 heteroatoms. The van der Waals surface area contributed by atoms with Gasteiger partial charge in [0.05, 0.1) is 5.92 Å². The third kappa shape index (κ3) is 3.95. The van der Waals surface area contributed by atoms with Gasteiger partial charge < -0.3 is 10.6 Å². The molecule has 1 amide bonds. The molecule has 104 valence electrons. The molecule has 2 heterocycles. The fraction of sp³-hybridized carbons (Fsp3) is 0.929. The summed E-state index contributed by atoms with van der Waals surface area (Å²) in [5.74, 6) is 0.429. The van der Waals surface area contributed by atoms with Crippen LogP contribution in [0, 0.1) is 5.92 Å². The third-order valence-corrected chi connectivity index (χ3v) is 4.25. The molecule has 2 aliphatic heterocycles. The molecule has 0 aromatic carbocycles. The number of nitrogens with one attached hydrogen (secondary N) is 2. The molecule has 2 aliphatic rings. The van der Waals surface area contributed by atoms with Crippen molar-refractivity contribution in [3.63, 3.8) is 0 Å². The van der Waals surface area contributed by atoms with Crippen molar-refractivity contribution in [2.75, 3.05) is 32.7 Å². The maximum Gasteiger partial charge on any atom is 0.224 e. The summed E-state index contributed by atoms with van der Waals surface area (Å²) in [6, 6.07) is 0.478. The van der Waals surface area contributed by atoms with Gasteiger partial charge in [-0.05, 0) is 52.2 Å². The van der Waals surface area contributed by atoms with Crippen molar-refractivity contribution in [3.05, 3.63) is 0 Å². The second kappa shape index (κ2) is 7.10. The molecule has 0 aliphatic carbocycles. The first kappa shape index (κ1) is 13.8. The molecule has 2 atom stereocenters. The van der Waals surface area contributed by atoms with Gasteiger partial charge in [0.15, 0.2) is 0 Å². The van der Waals surface area contributed by atoms with E-state index in [1.807, 2.05) is 0 Å². The van der Waals surface area contributed by atoms with Gasteiger partial charge in [0.2, 0.25) is 5.91 Å². The minimum atomic E-state index is 0.187. The highest BCUT2D eigenvalue weighted by Gasteiger charge is 2.22. The lowest BCUT2D eigenvalue weighted by Crippen LogP contribution is -2.47. The standard InChI is InChI=1S/C14H27N3O/c1-12(17-8-3-2-4-9-17)10-16-14(18)13-6-5-7-15-11-13/h12-13,15H,2-11H2,1H3,(H,16,18)/t12?,13-/m0/s1. The topological polar surface area (TPSA) is 44.4 Å². The average molecular weight is 253 g/mol. The van der Waals surface area contributed by atoms with Crippen LogP contribution in [0.3, 0.4) is 0 Å². The zero-order valence-corrected chi connectivity index (χ0v) is 11.6. The van der Waals surface area contributed by atoms with E-state index in [0.717, 1.165) is 32.5 Å². The first-order valence-electron chi connectivity index (χ1n) is 7.50. The number of likely N-dealkylation sites (tertiary alicyclic amines) is 1. The van der Waals surface area contributed by atoms with Crippen molar-refractivity contribution in [1.29, 1.82) is 0 Å². The van der Waals surface area contributed by atoms with E-state index < -0.39 is 0 Å². The minimum Gasteiger partial charge on any atom is -0.354 e. The van der Waals surface area contributed by atoms with Gasteiger partial charge in [-0.15, -0.1) is 0 Å². The molecule has 2 saturated heterocycles. The van der Waals surface area contributed by atoms with Crippen LogP contribution >= 0.6 is 0 Å². The molecule has 0 spiro atoms. The fourth-order valence-electron chi connectivity index (χ4n) is 2.96. The van der Waals surface area contributed by atoms with Gasteiger partial charge >= 0.3 is 0 Å². The van der Waals surface area contributed by atoms with Gasteiger partial charge in [0.25, 0.3) is 0 Å². The Balaban J connectivity index is 1.67. The van der Waals surface area contributed by atoms with Crippen LogP contribution in [0.25, 0.3) is 0 Å². The monoisotopic (exact) mass is 253 g/mol. The van der Waals surface area contributed by atoms with Crippen molar-refractivity contribution in [1.82, 2.24) is 15.5 Å². The molecular formula is C14H27N3O. The van der Waals surface area contributed by atoms with Gasteiger partial charge in [-0.25, -0.2) is 0 Å². The second-order valence-electron chi connectivity index (χ2n) is 5.73. The van der Waals surface area contributed by atoms with Gasteiger partial charge in [-0.2, -0.15) is 0 Å². The van der Waals surface area contributed by atoms with Crippen molar-refractivity contribution in [3.8, 4) is 0 Å². The number of hydrogen-bond acceptors (Lipinski definition) is 3. The van der Waals surface area contributed by atoms with Gasteiger partial charge in [-0.3, -0.25) is 9.69 Å². The largest absolute Gasteiger partial charge is 0.354 e. The second-order valence-corrected chi connectivity index (χ2v) is 5.73. The molecule has 2 N–H and O–H groups in total. The number of amides is 1. The average Bonchev–Trinajstić information content (AvgIpc) is 2.46. The molecule has 2 rings (SSSR count). The minimum absolute atomic E-state index is 0.187. The van der Waals surface area contributed by atoms with Crippen LogP contribution in [-0.2, 0) is 4.79 Å².